The second-order valence-electron chi connectivity index (χ2n) is 7.11. The number of sulfonamides is 1. The highest BCUT2D eigenvalue weighted by Crippen LogP contribution is 2.21. The number of morpholine rings is 1. The molecular weight excluding hydrogens is 420 g/mol. The van der Waals surface area contributed by atoms with Crippen LogP contribution in [0.1, 0.15) is 16.1 Å². The number of hydrogen-bond acceptors (Lipinski definition) is 7. The van der Waals surface area contributed by atoms with E-state index in [1.807, 2.05) is 6.92 Å². The fourth-order valence-corrected chi connectivity index (χ4v) is 4.21. The number of aryl methyl sites for hydroxylation is 1. The molecule has 0 saturated carbocycles. The number of carbonyl (C=O) groups excluding carboxylic acids is 1. The predicted molar refractivity (Wildman–Crippen MR) is 114 cm³/mol. The van der Waals surface area contributed by atoms with E-state index < -0.39 is 10.0 Å². The highest BCUT2D eigenvalue weighted by atomic mass is 32.2. The van der Waals surface area contributed by atoms with E-state index in [9.17, 15) is 13.2 Å². The first-order valence-electron chi connectivity index (χ1n) is 9.63. The number of ether oxygens (including phenoxy) is 1. The molecule has 1 aliphatic rings. The fraction of sp³-hybridized carbons (Fsp3) is 0.250. The van der Waals surface area contributed by atoms with Gasteiger partial charge in [0.1, 0.15) is 0 Å². The summed E-state index contributed by atoms with van der Waals surface area (Å²) in [5.41, 5.74) is 8.09. The van der Waals surface area contributed by atoms with Gasteiger partial charge >= 0.3 is 0 Å². The Kier molecular flexibility index (Phi) is 5.61. The zero-order chi connectivity index (χ0) is 22.0. The molecule has 0 bridgehead atoms. The molecule has 4 rings (SSSR count). The van der Waals surface area contributed by atoms with Gasteiger partial charge in [-0.05, 0) is 43.3 Å². The van der Waals surface area contributed by atoms with Crippen molar-refractivity contribution >= 4 is 27.4 Å². The first-order valence-corrected chi connectivity index (χ1v) is 11.1. The molecular formula is C20H22N6O4S. The first kappa shape index (κ1) is 20.8. The van der Waals surface area contributed by atoms with Crippen LogP contribution >= 0.6 is 0 Å². The molecule has 0 aliphatic carbocycles. The molecule has 10 nitrogen and oxygen atoms in total. The molecule has 1 saturated heterocycles. The van der Waals surface area contributed by atoms with Crippen molar-refractivity contribution in [1.29, 1.82) is 0 Å². The molecule has 2 aromatic carbocycles. The highest BCUT2D eigenvalue weighted by molar-refractivity contribution is 7.92. The van der Waals surface area contributed by atoms with Crippen molar-refractivity contribution in [3.63, 3.8) is 0 Å². The van der Waals surface area contributed by atoms with Crippen LogP contribution in [0.4, 0.5) is 11.5 Å². The van der Waals surface area contributed by atoms with E-state index in [0.717, 1.165) is 5.56 Å². The number of carbonyl (C=O) groups is 1. The minimum absolute atomic E-state index is 0.0750. The monoisotopic (exact) mass is 442 g/mol. The number of aromatic nitrogens is 3. The molecule has 1 fully saturated rings. The van der Waals surface area contributed by atoms with E-state index in [1.54, 1.807) is 53.4 Å². The van der Waals surface area contributed by atoms with Crippen LogP contribution < -0.4 is 10.5 Å². The van der Waals surface area contributed by atoms with E-state index >= 15 is 0 Å². The summed E-state index contributed by atoms with van der Waals surface area (Å²) in [4.78, 5) is 14.4. The maximum absolute atomic E-state index is 12.6. The second-order valence-corrected chi connectivity index (χ2v) is 8.79. The molecule has 0 unspecified atom stereocenters. The van der Waals surface area contributed by atoms with Crippen LogP contribution in [-0.2, 0) is 14.8 Å². The van der Waals surface area contributed by atoms with Crippen LogP contribution in [-0.4, -0.2) is 60.5 Å². The van der Waals surface area contributed by atoms with Gasteiger partial charge in [-0.2, -0.15) is 4.68 Å². The van der Waals surface area contributed by atoms with Crippen molar-refractivity contribution in [2.45, 2.75) is 11.8 Å². The summed E-state index contributed by atoms with van der Waals surface area (Å²) in [6.07, 6.45) is 0. The van der Waals surface area contributed by atoms with Crippen LogP contribution in [0, 0.1) is 6.92 Å². The number of benzene rings is 2. The van der Waals surface area contributed by atoms with E-state index in [0.29, 0.717) is 37.7 Å². The Hall–Kier alpha value is -3.44. The lowest BCUT2D eigenvalue weighted by Gasteiger charge is -2.26. The zero-order valence-electron chi connectivity index (χ0n) is 16.9. The molecule has 0 radical (unpaired) electrons. The SMILES string of the molecule is Cc1ccc(S(=O)(=O)Nc2ccc(-n3nnc(C(=O)N4CCOCC4)c3N)cc2)cc1. The van der Waals surface area contributed by atoms with Gasteiger partial charge in [0.15, 0.2) is 11.5 Å². The van der Waals surface area contributed by atoms with Crippen LogP contribution in [0.3, 0.4) is 0 Å². The summed E-state index contributed by atoms with van der Waals surface area (Å²) < 4.78 is 34.2. The molecule has 3 aromatic rings. The second kappa shape index (κ2) is 8.36. The molecule has 0 atom stereocenters. The van der Waals surface area contributed by atoms with Crippen molar-refractivity contribution in [2.75, 3.05) is 36.8 Å². The number of nitrogen functional groups attached to an aromatic ring is 1. The average Bonchev–Trinajstić information content (AvgIpc) is 3.15. The van der Waals surface area contributed by atoms with Crippen molar-refractivity contribution < 1.29 is 17.9 Å². The number of amides is 1. The molecule has 162 valence electrons. The lowest BCUT2D eigenvalue weighted by molar-refractivity contribution is 0.0299. The maximum Gasteiger partial charge on any atom is 0.278 e. The largest absolute Gasteiger partial charge is 0.382 e. The summed E-state index contributed by atoms with van der Waals surface area (Å²) >= 11 is 0. The molecule has 31 heavy (non-hydrogen) atoms. The van der Waals surface area contributed by atoms with Gasteiger partial charge in [0.25, 0.3) is 15.9 Å². The summed E-state index contributed by atoms with van der Waals surface area (Å²) in [7, 11) is -3.71. The number of rotatable bonds is 5. The van der Waals surface area contributed by atoms with Gasteiger partial charge in [-0.25, -0.2) is 8.42 Å². The van der Waals surface area contributed by atoms with E-state index in [4.69, 9.17) is 10.5 Å². The third-order valence-electron chi connectivity index (χ3n) is 4.90. The maximum atomic E-state index is 12.6. The molecule has 0 spiro atoms. The van der Waals surface area contributed by atoms with Gasteiger partial charge in [-0.1, -0.05) is 22.9 Å². The van der Waals surface area contributed by atoms with Crippen LogP contribution in [0.15, 0.2) is 53.4 Å². The molecule has 1 aliphatic heterocycles. The normalized spacial score (nSPS) is 14.4. The van der Waals surface area contributed by atoms with Crippen LogP contribution in [0.5, 0.6) is 0 Å². The number of hydrogen-bond donors (Lipinski definition) is 2. The van der Waals surface area contributed by atoms with Gasteiger partial charge in [0.05, 0.1) is 23.8 Å². The Morgan fingerprint density at radius 1 is 1.06 bits per heavy atom. The molecule has 11 heteroatoms. The number of nitrogens with one attached hydrogen (secondary N) is 1. The number of nitrogens with zero attached hydrogens (tertiary/aromatic N) is 4. The van der Waals surface area contributed by atoms with E-state index in [2.05, 4.69) is 15.0 Å². The third kappa shape index (κ3) is 4.37. The zero-order valence-corrected chi connectivity index (χ0v) is 17.7. The van der Waals surface area contributed by atoms with Gasteiger partial charge in [0.2, 0.25) is 0 Å². The van der Waals surface area contributed by atoms with Crippen molar-refractivity contribution in [3.8, 4) is 5.69 Å². The first-order chi connectivity index (χ1) is 14.8. The lowest BCUT2D eigenvalue weighted by Crippen LogP contribution is -2.41. The molecule has 1 amide bonds. The quantitative estimate of drug-likeness (QED) is 0.611. The topological polar surface area (TPSA) is 132 Å². The summed E-state index contributed by atoms with van der Waals surface area (Å²) in [5.74, 6) is -0.181. The lowest BCUT2D eigenvalue weighted by atomic mass is 10.2. The van der Waals surface area contributed by atoms with Crippen LogP contribution in [0.2, 0.25) is 0 Å². The van der Waals surface area contributed by atoms with E-state index in [-0.39, 0.29) is 22.3 Å². The Bertz CT molecular complexity index is 1180. The standard InChI is InChI=1S/C20H22N6O4S/c1-14-2-8-17(9-3-14)31(28,29)23-15-4-6-16(7-5-15)26-19(21)18(22-24-26)20(27)25-10-12-30-13-11-25/h2-9,23H,10-13,21H2,1H3. The number of anilines is 2. The molecule has 2 heterocycles. The Morgan fingerprint density at radius 2 is 1.71 bits per heavy atom. The third-order valence-corrected chi connectivity index (χ3v) is 6.30. The van der Waals surface area contributed by atoms with E-state index in [1.165, 1.54) is 4.68 Å². The van der Waals surface area contributed by atoms with Crippen molar-refractivity contribution in [2.24, 2.45) is 0 Å². The highest BCUT2D eigenvalue weighted by Gasteiger charge is 2.25. The summed E-state index contributed by atoms with van der Waals surface area (Å²) in [5, 5.41) is 7.93. The van der Waals surface area contributed by atoms with Gasteiger partial charge in [-0.15, -0.1) is 5.10 Å². The Labute approximate surface area is 179 Å². The van der Waals surface area contributed by atoms with Crippen molar-refractivity contribution in [1.82, 2.24) is 19.9 Å². The van der Waals surface area contributed by atoms with Crippen LogP contribution in [0.25, 0.3) is 5.69 Å². The fourth-order valence-electron chi connectivity index (χ4n) is 3.15. The smallest absolute Gasteiger partial charge is 0.278 e. The minimum atomic E-state index is -3.71. The Balaban J connectivity index is 1.51. The average molecular weight is 443 g/mol. The Morgan fingerprint density at radius 3 is 2.35 bits per heavy atom. The number of nitrogens with two attached hydrogens (primary N) is 1. The van der Waals surface area contributed by atoms with Gasteiger partial charge < -0.3 is 15.4 Å². The van der Waals surface area contributed by atoms with Gasteiger partial charge in [-0.3, -0.25) is 9.52 Å². The molecule has 3 N–H and O–H groups in total. The van der Waals surface area contributed by atoms with Gasteiger partial charge in [0, 0.05) is 18.8 Å². The van der Waals surface area contributed by atoms with Crippen molar-refractivity contribution in [3.05, 3.63) is 59.8 Å². The minimum Gasteiger partial charge on any atom is -0.382 e. The molecule has 1 aromatic heterocycles. The summed E-state index contributed by atoms with van der Waals surface area (Å²) in [6, 6.07) is 13.0. The summed E-state index contributed by atoms with van der Waals surface area (Å²) in [6.45, 7) is 3.78. The predicted octanol–water partition coefficient (Wildman–Crippen LogP) is 1.43.